The van der Waals surface area contributed by atoms with E-state index >= 15 is 0 Å². The Morgan fingerprint density at radius 3 is 2.24 bits per heavy atom. The van der Waals surface area contributed by atoms with E-state index in [0.29, 0.717) is 15.8 Å². The Kier molecular flexibility index (Phi) is 4.90. The Labute approximate surface area is 139 Å². The van der Waals surface area contributed by atoms with Gasteiger partial charge in [-0.2, -0.15) is 0 Å². The van der Waals surface area contributed by atoms with Gasteiger partial charge in [0.05, 0.1) is 0 Å². The van der Waals surface area contributed by atoms with Crippen LogP contribution in [0, 0.1) is 13.8 Å². The smallest absolute Gasteiger partial charge is 0.171 e. The first kappa shape index (κ1) is 15.9. The van der Waals surface area contributed by atoms with Crippen LogP contribution in [0.25, 0.3) is 0 Å². The van der Waals surface area contributed by atoms with Crippen LogP contribution in [-0.2, 0) is 0 Å². The van der Waals surface area contributed by atoms with Gasteiger partial charge in [-0.1, -0.05) is 21.1 Å². The standard InChI is InChI=1S/C15H14Br2N2O2/c1-8-5-11(6-9(2)14(8)17)21-10-3-4-12(13(16)7-10)15(18)19-20/h3-7,20H,1-2H3,(H2,18,19). The lowest BCUT2D eigenvalue weighted by molar-refractivity contribution is 0.318. The highest BCUT2D eigenvalue weighted by atomic mass is 79.9. The van der Waals surface area contributed by atoms with E-state index in [4.69, 9.17) is 15.7 Å². The summed E-state index contributed by atoms with van der Waals surface area (Å²) in [5.41, 5.74) is 8.40. The number of nitrogens with two attached hydrogens (primary N) is 1. The first-order chi connectivity index (χ1) is 9.92. The normalized spacial score (nSPS) is 11.5. The van der Waals surface area contributed by atoms with Gasteiger partial charge < -0.3 is 15.7 Å². The van der Waals surface area contributed by atoms with E-state index in [1.54, 1.807) is 18.2 Å². The summed E-state index contributed by atoms with van der Waals surface area (Å²) in [7, 11) is 0. The molecule has 4 nitrogen and oxygen atoms in total. The zero-order chi connectivity index (χ0) is 15.6. The van der Waals surface area contributed by atoms with Gasteiger partial charge in [-0.25, -0.2) is 0 Å². The van der Waals surface area contributed by atoms with Crippen LogP contribution in [0.1, 0.15) is 16.7 Å². The summed E-state index contributed by atoms with van der Waals surface area (Å²) >= 11 is 6.91. The lowest BCUT2D eigenvalue weighted by Crippen LogP contribution is -2.13. The number of amidine groups is 1. The summed E-state index contributed by atoms with van der Waals surface area (Å²) in [6, 6.07) is 9.20. The summed E-state index contributed by atoms with van der Waals surface area (Å²) in [6.45, 7) is 4.03. The van der Waals surface area contributed by atoms with Gasteiger partial charge in [0, 0.05) is 14.5 Å². The maximum atomic E-state index is 8.71. The first-order valence-electron chi connectivity index (χ1n) is 6.14. The Morgan fingerprint density at radius 1 is 1.10 bits per heavy atom. The van der Waals surface area contributed by atoms with Gasteiger partial charge in [-0.3, -0.25) is 0 Å². The number of ether oxygens (including phenoxy) is 1. The molecule has 3 N–H and O–H groups in total. The van der Waals surface area contributed by atoms with E-state index in [-0.39, 0.29) is 5.84 Å². The molecular weight excluding hydrogens is 400 g/mol. The molecule has 0 fully saturated rings. The monoisotopic (exact) mass is 412 g/mol. The third-order valence-electron chi connectivity index (χ3n) is 2.97. The van der Waals surface area contributed by atoms with Crippen molar-refractivity contribution >= 4 is 37.7 Å². The number of rotatable bonds is 3. The quantitative estimate of drug-likeness (QED) is 0.331. The summed E-state index contributed by atoms with van der Waals surface area (Å²) in [5.74, 6) is 1.47. The molecule has 110 valence electrons. The van der Waals surface area contributed by atoms with Crippen molar-refractivity contribution in [2.75, 3.05) is 0 Å². The fraction of sp³-hybridized carbons (Fsp3) is 0.133. The largest absolute Gasteiger partial charge is 0.457 e. The number of benzene rings is 2. The van der Waals surface area contributed by atoms with Gasteiger partial charge in [0.1, 0.15) is 11.5 Å². The van der Waals surface area contributed by atoms with Crippen LogP contribution in [0.3, 0.4) is 0 Å². The predicted molar refractivity (Wildman–Crippen MR) is 90.3 cm³/mol. The molecule has 0 aliphatic heterocycles. The molecule has 0 amide bonds. The van der Waals surface area contributed by atoms with Gasteiger partial charge in [0.25, 0.3) is 0 Å². The van der Waals surface area contributed by atoms with Gasteiger partial charge in [-0.15, -0.1) is 0 Å². The molecule has 0 saturated heterocycles. The number of aryl methyl sites for hydroxylation is 2. The minimum absolute atomic E-state index is 0.0451. The second kappa shape index (κ2) is 6.49. The Bertz CT molecular complexity index is 692. The maximum Gasteiger partial charge on any atom is 0.171 e. The summed E-state index contributed by atoms with van der Waals surface area (Å²) in [4.78, 5) is 0. The highest BCUT2D eigenvalue weighted by molar-refractivity contribution is 9.10. The number of nitrogens with zero attached hydrogens (tertiary/aromatic N) is 1. The maximum absolute atomic E-state index is 8.71. The highest BCUT2D eigenvalue weighted by Crippen LogP contribution is 2.31. The fourth-order valence-electron chi connectivity index (χ4n) is 1.92. The minimum Gasteiger partial charge on any atom is -0.457 e. The van der Waals surface area contributed by atoms with Crippen LogP contribution in [0.2, 0.25) is 0 Å². The zero-order valence-corrected chi connectivity index (χ0v) is 14.7. The average Bonchev–Trinajstić information content (AvgIpc) is 2.44. The van der Waals surface area contributed by atoms with Gasteiger partial charge in [0.2, 0.25) is 0 Å². The second-order valence-electron chi connectivity index (χ2n) is 4.60. The van der Waals surface area contributed by atoms with E-state index in [1.165, 1.54) is 0 Å². The molecule has 0 aromatic heterocycles. The Hall–Kier alpha value is -1.53. The van der Waals surface area contributed by atoms with Crippen molar-refractivity contribution in [3.63, 3.8) is 0 Å². The van der Waals surface area contributed by atoms with E-state index in [2.05, 4.69) is 37.0 Å². The fourth-order valence-corrected chi connectivity index (χ4v) is 2.71. The van der Waals surface area contributed by atoms with Crippen molar-refractivity contribution < 1.29 is 9.94 Å². The van der Waals surface area contributed by atoms with Crippen LogP contribution in [0.5, 0.6) is 11.5 Å². The molecule has 21 heavy (non-hydrogen) atoms. The molecule has 0 bridgehead atoms. The van der Waals surface area contributed by atoms with Crippen molar-refractivity contribution in [1.82, 2.24) is 0 Å². The SMILES string of the molecule is Cc1cc(Oc2ccc(/C(N)=N/O)c(Br)c2)cc(C)c1Br. The Balaban J connectivity index is 2.31. The molecule has 0 radical (unpaired) electrons. The van der Waals surface area contributed by atoms with Gasteiger partial charge in [-0.05, 0) is 71.2 Å². The Morgan fingerprint density at radius 2 is 1.71 bits per heavy atom. The molecule has 2 aromatic carbocycles. The second-order valence-corrected chi connectivity index (χ2v) is 6.25. The van der Waals surface area contributed by atoms with Gasteiger partial charge in [0.15, 0.2) is 5.84 Å². The third kappa shape index (κ3) is 3.57. The molecular formula is C15H14Br2N2O2. The molecule has 2 aromatic rings. The lowest BCUT2D eigenvalue weighted by atomic mass is 10.1. The van der Waals surface area contributed by atoms with Crippen molar-refractivity contribution in [2.45, 2.75) is 13.8 Å². The molecule has 0 aliphatic carbocycles. The molecule has 0 heterocycles. The topological polar surface area (TPSA) is 67.8 Å². The summed E-state index contributed by atoms with van der Waals surface area (Å²) in [5, 5.41) is 11.7. The van der Waals surface area contributed by atoms with Crippen molar-refractivity contribution in [3.8, 4) is 11.5 Å². The molecule has 2 rings (SSSR count). The number of oxime groups is 1. The zero-order valence-electron chi connectivity index (χ0n) is 11.5. The molecule has 0 atom stereocenters. The van der Waals surface area contributed by atoms with E-state index in [0.717, 1.165) is 21.3 Å². The van der Waals surface area contributed by atoms with E-state index < -0.39 is 0 Å². The molecule has 0 saturated carbocycles. The van der Waals surface area contributed by atoms with Crippen LogP contribution in [0.15, 0.2) is 44.4 Å². The summed E-state index contributed by atoms with van der Waals surface area (Å²) < 4.78 is 7.63. The van der Waals surface area contributed by atoms with Crippen LogP contribution >= 0.6 is 31.9 Å². The molecule has 0 unspecified atom stereocenters. The van der Waals surface area contributed by atoms with Crippen LogP contribution < -0.4 is 10.5 Å². The van der Waals surface area contributed by atoms with E-state index in [9.17, 15) is 0 Å². The van der Waals surface area contributed by atoms with Crippen molar-refractivity contribution in [2.24, 2.45) is 10.9 Å². The third-order valence-corrected chi connectivity index (χ3v) is 4.88. The number of halogens is 2. The molecule has 0 aliphatic rings. The number of hydrogen-bond donors (Lipinski definition) is 2. The van der Waals surface area contributed by atoms with Gasteiger partial charge >= 0.3 is 0 Å². The molecule has 6 heteroatoms. The average molecular weight is 414 g/mol. The lowest BCUT2D eigenvalue weighted by Gasteiger charge is -2.11. The summed E-state index contributed by atoms with van der Waals surface area (Å²) in [6.07, 6.45) is 0. The predicted octanol–water partition coefficient (Wildman–Crippen LogP) is 4.72. The van der Waals surface area contributed by atoms with Crippen molar-refractivity contribution in [3.05, 3.63) is 56.0 Å². The highest BCUT2D eigenvalue weighted by Gasteiger charge is 2.08. The van der Waals surface area contributed by atoms with Crippen LogP contribution in [-0.4, -0.2) is 11.0 Å². The van der Waals surface area contributed by atoms with E-state index in [1.807, 2.05) is 26.0 Å². The number of hydrogen-bond acceptors (Lipinski definition) is 3. The first-order valence-corrected chi connectivity index (χ1v) is 7.73. The van der Waals surface area contributed by atoms with Crippen LogP contribution in [0.4, 0.5) is 0 Å². The minimum atomic E-state index is 0.0451. The van der Waals surface area contributed by atoms with Crippen molar-refractivity contribution in [1.29, 1.82) is 0 Å². The molecule has 0 spiro atoms.